The first-order valence-electron chi connectivity index (χ1n) is 20.4. The smallest absolute Gasteiger partial charge is 0.454 e. The van der Waals surface area contributed by atoms with Gasteiger partial charge in [0.05, 0.1) is 33.6 Å². The SMILES string of the molecule is CN(C)C(=O)c1cc(Cl)cc(C2CC2)c1N.CN(C)C(=O)c1cccc(Br)c1N.CN(C)C(=O)c1cccc(C2CC2)c1N.CNC.Cl.Nc1c(Br)cccc1C(=O)O.OB(O)C1CC1. The first-order chi connectivity index (χ1) is 30.0. The minimum absolute atomic E-state index is 0. The van der Waals surface area contributed by atoms with E-state index in [4.69, 9.17) is 49.7 Å². The molecule has 3 fully saturated rings. The Bertz CT molecular complexity index is 2230. The van der Waals surface area contributed by atoms with Crippen LogP contribution in [0.15, 0.2) is 75.7 Å². The summed E-state index contributed by atoms with van der Waals surface area (Å²) in [6.45, 7) is 0. The van der Waals surface area contributed by atoms with Crippen molar-refractivity contribution in [1.29, 1.82) is 0 Å². The normalized spacial score (nSPS) is 12.9. The molecular weight excluding hydrogens is 1010 g/mol. The second-order valence-electron chi connectivity index (χ2n) is 15.9. The average Bonchev–Trinajstić information content (AvgIpc) is 4.06. The zero-order valence-electron chi connectivity index (χ0n) is 38.1. The van der Waals surface area contributed by atoms with Crippen LogP contribution in [0, 0.1) is 0 Å². The third-order valence-corrected chi connectivity index (χ3v) is 11.2. The minimum Gasteiger partial charge on any atom is -0.478 e. The first-order valence-corrected chi connectivity index (χ1v) is 22.3. The molecule has 0 bridgehead atoms. The molecule has 3 aliphatic rings. The summed E-state index contributed by atoms with van der Waals surface area (Å²) in [5.74, 6) is 0.0804. The molecule has 7 rings (SSSR count). The van der Waals surface area contributed by atoms with Gasteiger partial charge in [-0.3, -0.25) is 14.4 Å². The molecule has 4 aromatic rings. The van der Waals surface area contributed by atoms with Gasteiger partial charge in [-0.05, 0) is 143 Å². The van der Waals surface area contributed by atoms with E-state index in [9.17, 15) is 19.2 Å². The second kappa shape index (κ2) is 27.8. The quantitative estimate of drug-likeness (QED) is 0.0655. The third kappa shape index (κ3) is 18.7. The van der Waals surface area contributed by atoms with E-state index in [1.54, 1.807) is 83.6 Å². The highest BCUT2D eigenvalue weighted by Gasteiger charge is 2.33. The van der Waals surface area contributed by atoms with Crippen LogP contribution in [0.4, 0.5) is 22.7 Å². The number of nitrogen functional groups attached to an aromatic ring is 4. The lowest BCUT2D eigenvalue weighted by molar-refractivity contribution is 0.0696. The Hall–Kier alpha value is -4.56. The highest BCUT2D eigenvalue weighted by atomic mass is 79.9. The number of aromatic carboxylic acids is 1. The largest absolute Gasteiger partial charge is 0.478 e. The number of hydrogen-bond acceptors (Lipinski definition) is 11. The molecule has 0 aromatic heterocycles. The lowest BCUT2D eigenvalue weighted by Crippen LogP contribution is -2.23. The Labute approximate surface area is 411 Å². The van der Waals surface area contributed by atoms with Crippen molar-refractivity contribution in [3.63, 3.8) is 0 Å². The van der Waals surface area contributed by atoms with Crippen LogP contribution in [-0.2, 0) is 0 Å². The maximum Gasteiger partial charge on any atom is 0.454 e. The van der Waals surface area contributed by atoms with E-state index in [-0.39, 0.29) is 47.2 Å². The standard InChI is InChI=1S/C12H15ClN2O.C12H16N2O.C9H11BrN2O.C7H6BrNO2.C3H7BO2.C2H7N.ClH/c1-15(2)12(16)10-6-8(13)5-9(11(10)14)7-3-4-7;1-14(2)12(15)10-5-3-4-9(11(10)13)8-6-7-8;1-12(2)9(13)6-4-3-5-7(10)8(6)11;8-5-3-1-2-4(6(5)9)7(10)11;5-4(6)3-1-2-3;1-3-2;/h5-7H,3-4,14H2,1-2H3;3-5,8H,6-7,13H2,1-2H3;3-5H,11H2,1-2H3;1-3H,9H2,(H,10,11);3,5-6H,1-2H2;3H,1-2H3;1H. The molecule has 3 amide bonds. The van der Waals surface area contributed by atoms with Gasteiger partial charge in [0, 0.05) is 67.6 Å². The van der Waals surface area contributed by atoms with Crippen LogP contribution in [-0.4, -0.2) is 117 Å². The van der Waals surface area contributed by atoms with Crippen LogP contribution in [0.25, 0.3) is 0 Å². The molecule has 0 saturated heterocycles. The zero-order chi connectivity index (χ0) is 48.6. The number of carbonyl (C=O) groups excluding carboxylic acids is 3. The molecule has 0 spiro atoms. The molecule has 20 heteroatoms. The Morgan fingerprint density at radius 3 is 1.31 bits per heavy atom. The van der Waals surface area contributed by atoms with E-state index in [1.165, 1.54) is 28.7 Å². The molecule has 0 unspecified atom stereocenters. The number of carbonyl (C=O) groups is 4. The van der Waals surface area contributed by atoms with Gasteiger partial charge in [-0.25, -0.2) is 4.79 Å². The van der Waals surface area contributed by atoms with Crippen molar-refractivity contribution in [2.45, 2.75) is 56.2 Å². The van der Waals surface area contributed by atoms with Crippen LogP contribution in [0.2, 0.25) is 10.8 Å². The summed E-state index contributed by atoms with van der Waals surface area (Å²) in [5.41, 5.74) is 29.2. The number of para-hydroxylation sites is 3. The molecule has 0 heterocycles. The summed E-state index contributed by atoms with van der Waals surface area (Å²) < 4.78 is 1.36. The molecule has 0 aliphatic heterocycles. The fourth-order valence-corrected chi connectivity index (χ4v) is 6.59. The number of hydrogen-bond donors (Lipinski definition) is 8. The Morgan fingerprint density at radius 1 is 0.600 bits per heavy atom. The number of carboxylic acids is 1. The monoisotopic (exact) mass is 1070 g/mol. The second-order valence-corrected chi connectivity index (χ2v) is 18.0. The van der Waals surface area contributed by atoms with E-state index in [1.807, 2.05) is 38.4 Å². The van der Waals surface area contributed by atoms with Crippen molar-refractivity contribution in [2.24, 2.45) is 0 Å². The number of benzene rings is 4. The highest BCUT2D eigenvalue weighted by molar-refractivity contribution is 9.11. The van der Waals surface area contributed by atoms with Crippen LogP contribution < -0.4 is 28.3 Å². The lowest BCUT2D eigenvalue weighted by Gasteiger charge is -2.15. The highest BCUT2D eigenvalue weighted by Crippen LogP contribution is 2.45. The topological polar surface area (TPSA) is 255 Å². The first kappa shape index (κ1) is 58.5. The summed E-state index contributed by atoms with van der Waals surface area (Å²) in [6.07, 6.45) is 6.67. The number of nitrogens with zero attached hydrogens (tertiary/aromatic N) is 3. The van der Waals surface area contributed by atoms with Crippen molar-refractivity contribution >= 4 is 109 Å². The number of nitrogens with one attached hydrogen (secondary N) is 1. The van der Waals surface area contributed by atoms with Crippen molar-refractivity contribution < 1.29 is 34.3 Å². The fraction of sp³-hybridized carbons (Fsp3) is 0.378. The zero-order valence-corrected chi connectivity index (χ0v) is 42.8. The van der Waals surface area contributed by atoms with Crippen LogP contribution in [0.5, 0.6) is 0 Å². The molecule has 356 valence electrons. The van der Waals surface area contributed by atoms with Gasteiger partial charge in [-0.15, -0.1) is 12.4 Å². The van der Waals surface area contributed by atoms with Crippen LogP contribution >= 0.6 is 55.9 Å². The third-order valence-electron chi connectivity index (χ3n) is 9.64. The number of carboxylic acid groups (broad SMARTS) is 1. The Kier molecular flexibility index (Phi) is 25.0. The molecule has 12 N–H and O–H groups in total. The van der Waals surface area contributed by atoms with E-state index < -0.39 is 13.1 Å². The predicted octanol–water partition coefficient (Wildman–Crippen LogP) is 7.69. The molecule has 4 aromatic carbocycles. The van der Waals surface area contributed by atoms with Crippen molar-refractivity contribution in [3.8, 4) is 0 Å². The van der Waals surface area contributed by atoms with E-state index >= 15 is 0 Å². The van der Waals surface area contributed by atoms with Crippen molar-refractivity contribution in [3.05, 3.63) is 114 Å². The average molecular weight is 1070 g/mol. The number of halogens is 4. The summed E-state index contributed by atoms with van der Waals surface area (Å²) in [4.78, 5) is 50.3. The molecule has 65 heavy (non-hydrogen) atoms. The summed E-state index contributed by atoms with van der Waals surface area (Å²) >= 11 is 12.4. The van der Waals surface area contributed by atoms with Gasteiger partial charge < -0.3 is 58.1 Å². The van der Waals surface area contributed by atoms with Gasteiger partial charge in [0.1, 0.15) is 0 Å². The minimum atomic E-state index is -1.04. The van der Waals surface area contributed by atoms with E-state index in [0.717, 1.165) is 41.3 Å². The van der Waals surface area contributed by atoms with Gasteiger partial charge in [0.25, 0.3) is 17.7 Å². The maximum atomic E-state index is 11.9. The van der Waals surface area contributed by atoms with Gasteiger partial charge in [0.15, 0.2) is 0 Å². The van der Waals surface area contributed by atoms with Gasteiger partial charge >= 0.3 is 13.1 Å². The molecule has 3 aliphatic carbocycles. The molecule has 0 atom stereocenters. The van der Waals surface area contributed by atoms with Gasteiger partial charge in [-0.2, -0.15) is 0 Å². The predicted molar refractivity (Wildman–Crippen MR) is 274 cm³/mol. The molecular formula is C45H63BBr2Cl2N8O7. The summed E-state index contributed by atoms with van der Waals surface area (Å²) in [7, 11) is 13.0. The molecule has 3 saturated carbocycles. The molecule has 15 nitrogen and oxygen atoms in total. The van der Waals surface area contributed by atoms with Crippen LogP contribution in [0.1, 0.15) is 103 Å². The van der Waals surface area contributed by atoms with Crippen molar-refractivity contribution in [2.75, 3.05) is 79.3 Å². The van der Waals surface area contributed by atoms with Gasteiger partial charge in [0.2, 0.25) is 0 Å². The van der Waals surface area contributed by atoms with Gasteiger partial charge in [-0.1, -0.05) is 48.7 Å². The Balaban J connectivity index is 0.000000408. The van der Waals surface area contributed by atoms with Crippen LogP contribution in [0.3, 0.4) is 0 Å². The summed E-state index contributed by atoms with van der Waals surface area (Å²) in [5, 5.41) is 28.4. The number of rotatable bonds is 7. The summed E-state index contributed by atoms with van der Waals surface area (Å²) in [6, 6.07) is 19.4. The fourth-order valence-electron chi connectivity index (χ4n) is 5.63. The number of amides is 3. The van der Waals surface area contributed by atoms with E-state index in [2.05, 4.69) is 37.2 Å². The molecule has 0 radical (unpaired) electrons. The lowest BCUT2D eigenvalue weighted by atomic mass is 9.84. The number of nitrogens with two attached hydrogens (primary N) is 4. The Morgan fingerprint density at radius 2 is 0.954 bits per heavy atom. The number of anilines is 4. The maximum absolute atomic E-state index is 11.9. The van der Waals surface area contributed by atoms with Crippen molar-refractivity contribution in [1.82, 2.24) is 20.0 Å². The van der Waals surface area contributed by atoms with E-state index in [0.29, 0.717) is 55.1 Å².